The van der Waals surface area contributed by atoms with Crippen LogP contribution in [0.25, 0.3) is 0 Å². The molecule has 2 aromatic carbocycles. The van der Waals surface area contributed by atoms with Crippen molar-refractivity contribution in [2.45, 2.75) is 32.2 Å². The number of hydrogen-bond acceptors (Lipinski definition) is 3. The molecule has 1 N–H and O–H groups in total. The summed E-state index contributed by atoms with van der Waals surface area (Å²) in [4.78, 5) is 17.1. The highest BCUT2D eigenvalue weighted by Crippen LogP contribution is 2.31. The van der Waals surface area contributed by atoms with Crippen LogP contribution in [0.15, 0.2) is 48.5 Å². The second-order valence-electron chi connectivity index (χ2n) is 7.10. The van der Waals surface area contributed by atoms with Gasteiger partial charge in [0, 0.05) is 36.2 Å². The van der Waals surface area contributed by atoms with E-state index in [0.717, 1.165) is 25.2 Å². The predicted molar refractivity (Wildman–Crippen MR) is 103 cm³/mol. The Morgan fingerprint density at radius 1 is 1.08 bits per heavy atom. The smallest absolute Gasteiger partial charge is 0.243 e. The molecule has 2 aromatic rings. The fourth-order valence-electron chi connectivity index (χ4n) is 3.96. The number of para-hydroxylation sites is 1. The zero-order valence-electron chi connectivity index (χ0n) is 14.7. The molecule has 1 amide bonds. The Morgan fingerprint density at radius 3 is 2.56 bits per heavy atom. The van der Waals surface area contributed by atoms with E-state index < -0.39 is 0 Å². The van der Waals surface area contributed by atoms with E-state index in [-0.39, 0.29) is 5.91 Å². The van der Waals surface area contributed by atoms with E-state index in [2.05, 4.69) is 52.4 Å². The summed E-state index contributed by atoms with van der Waals surface area (Å²) in [5.74, 6) is 0.0393. The van der Waals surface area contributed by atoms with Crippen LogP contribution in [0, 0.1) is 0 Å². The van der Waals surface area contributed by atoms with Gasteiger partial charge in [-0.3, -0.25) is 4.79 Å². The number of nitrogens with one attached hydrogen (secondary N) is 1. The summed E-state index contributed by atoms with van der Waals surface area (Å²) >= 11 is 0. The molecule has 1 fully saturated rings. The van der Waals surface area contributed by atoms with Crippen molar-refractivity contribution in [3.05, 3.63) is 54.1 Å². The van der Waals surface area contributed by atoms with Gasteiger partial charge in [0.2, 0.25) is 5.91 Å². The lowest BCUT2D eigenvalue weighted by Crippen LogP contribution is -2.37. The van der Waals surface area contributed by atoms with Crippen LogP contribution < -0.4 is 15.1 Å². The molecule has 0 unspecified atom stereocenters. The fraction of sp³-hybridized carbons (Fsp3) is 0.381. The number of rotatable bonds is 4. The van der Waals surface area contributed by atoms with Crippen molar-refractivity contribution in [3.63, 3.8) is 0 Å². The number of fused-ring (bicyclic) bond motifs is 1. The first kappa shape index (κ1) is 16.0. The lowest BCUT2D eigenvalue weighted by molar-refractivity contribution is -0.115. The molecule has 0 aliphatic carbocycles. The number of anilines is 3. The molecule has 0 saturated carbocycles. The van der Waals surface area contributed by atoms with E-state index in [9.17, 15) is 4.79 Å². The predicted octanol–water partition coefficient (Wildman–Crippen LogP) is 3.68. The van der Waals surface area contributed by atoms with Gasteiger partial charge in [-0.2, -0.15) is 0 Å². The Hall–Kier alpha value is -2.49. The average Bonchev–Trinajstić information content (AvgIpc) is 3.25. The molecule has 4 rings (SSSR count). The van der Waals surface area contributed by atoms with E-state index >= 15 is 0 Å². The Morgan fingerprint density at radius 2 is 1.80 bits per heavy atom. The van der Waals surface area contributed by atoms with Gasteiger partial charge < -0.3 is 15.1 Å². The van der Waals surface area contributed by atoms with E-state index in [1.54, 1.807) is 0 Å². The van der Waals surface area contributed by atoms with Crippen molar-refractivity contribution in [3.8, 4) is 0 Å². The van der Waals surface area contributed by atoms with Crippen molar-refractivity contribution in [1.82, 2.24) is 0 Å². The molecule has 2 heterocycles. The summed E-state index contributed by atoms with van der Waals surface area (Å²) in [7, 11) is 0. The molecule has 130 valence electrons. The largest absolute Gasteiger partial charge is 0.372 e. The van der Waals surface area contributed by atoms with Crippen molar-refractivity contribution < 1.29 is 4.79 Å². The van der Waals surface area contributed by atoms with Gasteiger partial charge in [-0.1, -0.05) is 18.2 Å². The molecule has 1 saturated heterocycles. The molecule has 2 aliphatic rings. The summed E-state index contributed by atoms with van der Waals surface area (Å²) in [5, 5.41) is 3.04. The molecule has 0 radical (unpaired) electrons. The number of carbonyl (C=O) groups excluding carboxylic acids is 1. The molecule has 0 aromatic heterocycles. The van der Waals surface area contributed by atoms with Crippen LogP contribution in [0.2, 0.25) is 0 Å². The van der Waals surface area contributed by atoms with Crippen LogP contribution in [0.4, 0.5) is 17.1 Å². The number of hydrogen-bond donors (Lipinski definition) is 1. The van der Waals surface area contributed by atoms with E-state index in [4.69, 9.17) is 0 Å². The Kier molecular flexibility index (Phi) is 4.35. The van der Waals surface area contributed by atoms with Crippen LogP contribution in [-0.4, -0.2) is 31.6 Å². The first-order chi connectivity index (χ1) is 12.2. The first-order valence-corrected chi connectivity index (χ1v) is 9.20. The maximum absolute atomic E-state index is 12.5. The Balaban J connectivity index is 1.39. The van der Waals surface area contributed by atoms with Crippen LogP contribution >= 0.6 is 0 Å². The summed E-state index contributed by atoms with van der Waals surface area (Å²) < 4.78 is 0. The van der Waals surface area contributed by atoms with Gasteiger partial charge in [-0.15, -0.1) is 0 Å². The second-order valence-corrected chi connectivity index (χ2v) is 7.10. The lowest BCUT2D eigenvalue weighted by atomic mass is 10.1. The topological polar surface area (TPSA) is 35.6 Å². The van der Waals surface area contributed by atoms with Crippen molar-refractivity contribution in [2.75, 3.05) is 34.8 Å². The van der Waals surface area contributed by atoms with Gasteiger partial charge >= 0.3 is 0 Å². The molecule has 0 bridgehead atoms. The SMILES string of the molecule is C[C@H]1Cc2ccccc2N1CC(=O)Nc1ccc(N2CCCC2)cc1. The van der Waals surface area contributed by atoms with Gasteiger partial charge in [0.05, 0.1) is 6.54 Å². The summed E-state index contributed by atoms with van der Waals surface area (Å²) in [6.45, 7) is 4.85. The zero-order chi connectivity index (χ0) is 17.2. The van der Waals surface area contributed by atoms with Gasteiger partial charge in [0.15, 0.2) is 0 Å². The van der Waals surface area contributed by atoms with Gasteiger partial charge in [-0.25, -0.2) is 0 Å². The minimum Gasteiger partial charge on any atom is -0.372 e. The maximum atomic E-state index is 12.5. The highest BCUT2D eigenvalue weighted by molar-refractivity contribution is 5.94. The number of nitrogens with zero attached hydrogens (tertiary/aromatic N) is 2. The monoisotopic (exact) mass is 335 g/mol. The number of benzene rings is 2. The minimum absolute atomic E-state index is 0.0393. The van der Waals surface area contributed by atoms with Crippen molar-refractivity contribution in [2.24, 2.45) is 0 Å². The average molecular weight is 335 g/mol. The fourth-order valence-corrected chi connectivity index (χ4v) is 3.96. The van der Waals surface area contributed by atoms with E-state index in [1.807, 2.05) is 18.2 Å². The maximum Gasteiger partial charge on any atom is 0.243 e. The first-order valence-electron chi connectivity index (χ1n) is 9.20. The van der Waals surface area contributed by atoms with Gasteiger partial charge in [0.1, 0.15) is 0 Å². The van der Waals surface area contributed by atoms with Gasteiger partial charge in [-0.05, 0) is 62.1 Å². The van der Waals surface area contributed by atoms with Crippen LogP contribution in [0.5, 0.6) is 0 Å². The quantitative estimate of drug-likeness (QED) is 0.926. The van der Waals surface area contributed by atoms with Crippen molar-refractivity contribution >= 4 is 23.0 Å². The van der Waals surface area contributed by atoms with Crippen molar-refractivity contribution in [1.29, 1.82) is 0 Å². The molecule has 4 heteroatoms. The molecule has 1 atom stereocenters. The molecule has 25 heavy (non-hydrogen) atoms. The second kappa shape index (κ2) is 6.79. The molecule has 4 nitrogen and oxygen atoms in total. The number of amides is 1. The normalized spacial score (nSPS) is 19.2. The Labute approximate surface area is 149 Å². The standard InChI is InChI=1S/C21H25N3O/c1-16-14-17-6-2-3-7-20(17)24(16)15-21(25)22-18-8-10-19(11-9-18)23-12-4-5-13-23/h2-3,6-11,16H,4-5,12-15H2,1H3,(H,22,25)/t16-/m0/s1. The highest BCUT2D eigenvalue weighted by Gasteiger charge is 2.27. The highest BCUT2D eigenvalue weighted by atomic mass is 16.2. The minimum atomic E-state index is 0.0393. The molecular formula is C21H25N3O. The Bertz CT molecular complexity index is 750. The third-order valence-electron chi connectivity index (χ3n) is 5.28. The van der Waals surface area contributed by atoms with Gasteiger partial charge in [0.25, 0.3) is 0 Å². The molecular weight excluding hydrogens is 310 g/mol. The zero-order valence-corrected chi connectivity index (χ0v) is 14.7. The third kappa shape index (κ3) is 3.34. The van der Waals surface area contributed by atoms with E-state index in [0.29, 0.717) is 12.6 Å². The molecule has 2 aliphatic heterocycles. The van der Waals surface area contributed by atoms with Crippen LogP contribution in [0.1, 0.15) is 25.3 Å². The summed E-state index contributed by atoms with van der Waals surface area (Å²) in [6, 6.07) is 17.0. The number of carbonyl (C=O) groups is 1. The summed E-state index contributed by atoms with van der Waals surface area (Å²) in [6.07, 6.45) is 3.55. The van der Waals surface area contributed by atoms with Crippen LogP contribution in [-0.2, 0) is 11.2 Å². The van der Waals surface area contributed by atoms with E-state index in [1.165, 1.54) is 29.8 Å². The molecule has 0 spiro atoms. The third-order valence-corrected chi connectivity index (χ3v) is 5.28. The lowest BCUT2D eigenvalue weighted by Gasteiger charge is -2.24. The summed E-state index contributed by atoms with van der Waals surface area (Å²) in [5.41, 5.74) is 4.64. The van der Waals surface area contributed by atoms with Crippen LogP contribution in [0.3, 0.4) is 0 Å².